The van der Waals surface area contributed by atoms with E-state index in [2.05, 4.69) is 11.8 Å². The molecule has 1 aliphatic rings. The fourth-order valence-corrected chi connectivity index (χ4v) is 1.63. The van der Waals surface area contributed by atoms with Crippen LogP contribution in [0.3, 0.4) is 0 Å². The van der Waals surface area contributed by atoms with E-state index < -0.39 is 12.2 Å². The Hall–Kier alpha value is -0.160. The van der Waals surface area contributed by atoms with Crippen molar-refractivity contribution in [3.63, 3.8) is 0 Å². The highest BCUT2D eigenvalue weighted by molar-refractivity contribution is 4.85. The third-order valence-electron chi connectivity index (χ3n) is 2.65. The van der Waals surface area contributed by atoms with Gasteiger partial charge in [-0.3, -0.25) is 4.90 Å². The molecule has 0 radical (unpaired) electrons. The molecule has 2 N–H and O–H groups in total. The number of aliphatic hydroxyl groups excluding tert-OH is 2. The Morgan fingerprint density at radius 2 is 1.92 bits per heavy atom. The van der Waals surface area contributed by atoms with E-state index in [1.807, 2.05) is 0 Å². The molecule has 3 atom stereocenters. The predicted octanol–water partition coefficient (Wildman–Crippen LogP) is -0.551. The molecule has 0 aliphatic carbocycles. The summed E-state index contributed by atoms with van der Waals surface area (Å²) in [5.41, 5.74) is 0. The molecule has 0 spiro atoms. The van der Waals surface area contributed by atoms with E-state index >= 15 is 0 Å². The van der Waals surface area contributed by atoms with Gasteiger partial charge in [0, 0.05) is 32.8 Å². The molecule has 0 aromatic heterocycles. The third kappa shape index (κ3) is 2.91. The van der Waals surface area contributed by atoms with Gasteiger partial charge in [-0.1, -0.05) is 0 Å². The zero-order chi connectivity index (χ0) is 9.84. The van der Waals surface area contributed by atoms with Crippen molar-refractivity contribution in [2.45, 2.75) is 31.6 Å². The maximum Gasteiger partial charge on any atom is 0.0938 e. The second kappa shape index (κ2) is 4.91. The average molecular weight is 189 g/mol. The maximum atomic E-state index is 9.32. The molecule has 0 aromatic carbocycles. The van der Waals surface area contributed by atoms with Gasteiger partial charge in [-0.05, 0) is 13.3 Å². The number of hydrogen-bond acceptors (Lipinski definition) is 4. The lowest BCUT2D eigenvalue weighted by Gasteiger charge is -2.23. The smallest absolute Gasteiger partial charge is 0.0938 e. The maximum absolute atomic E-state index is 9.32. The highest BCUT2D eigenvalue weighted by atomic mass is 16.5. The van der Waals surface area contributed by atoms with Crippen LogP contribution >= 0.6 is 0 Å². The van der Waals surface area contributed by atoms with E-state index in [9.17, 15) is 10.2 Å². The molecule has 0 amide bonds. The highest BCUT2D eigenvalue weighted by Gasteiger charge is 2.31. The fourth-order valence-electron chi connectivity index (χ4n) is 1.63. The van der Waals surface area contributed by atoms with Crippen molar-refractivity contribution in [3.05, 3.63) is 0 Å². The molecule has 1 heterocycles. The van der Waals surface area contributed by atoms with Crippen LogP contribution in [0, 0.1) is 0 Å². The molecule has 1 aliphatic heterocycles. The Morgan fingerprint density at radius 1 is 1.38 bits per heavy atom. The van der Waals surface area contributed by atoms with Crippen molar-refractivity contribution in [1.82, 2.24) is 4.90 Å². The van der Waals surface area contributed by atoms with Crippen LogP contribution in [0.1, 0.15) is 13.3 Å². The van der Waals surface area contributed by atoms with E-state index in [1.54, 1.807) is 7.11 Å². The summed E-state index contributed by atoms with van der Waals surface area (Å²) in [4.78, 5) is 2.09. The Bertz CT molecular complexity index is 144. The molecule has 1 saturated heterocycles. The Kier molecular flexibility index (Phi) is 4.12. The molecule has 13 heavy (non-hydrogen) atoms. The van der Waals surface area contributed by atoms with Gasteiger partial charge in [0.1, 0.15) is 0 Å². The molecular weight excluding hydrogens is 170 g/mol. The summed E-state index contributed by atoms with van der Waals surface area (Å²) in [5.74, 6) is 0. The van der Waals surface area contributed by atoms with E-state index in [4.69, 9.17) is 4.74 Å². The van der Waals surface area contributed by atoms with Crippen LogP contribution in [0.2, 0.25) is 0 Å². The number of ether oxygens (including phenoxy) is 1. The van der Waals surface area contributed by atoms with Gasteiger partial charge in [-0.15, -0.1) is 0 Å². The van der Waals surface area contributed by atoms with Gasteiger partial charge in [0.05, 0.1) is 12.2 Å². The fraction of sp³-hybridized carbons (Fsp3) is 1.00. The molecule has 1 rings (SSSR count). The molecule has 0 bridgehead atoms. The van der Waals surface area contributed by atoms with E-state index in [0.717, 1.165) is 13.0 Å². The zero-order valence-corrected chi connectivity index (χ0v) is 8.31. The molecule has 4 heteroatoms. The first-order valence-corrected chi connectivity index (χ1v) is 4.74. The van der Waals surface area contributed by atoms with Gasteiger partial charge >= 0.3 is 0 Å². The van der Waals surface area contributed by atoms with E-state index in [1.165, 1.54) is 0 Å². The second-order valence-electron chi connectivity index (χ2n) is 3.72. The minimum absolute atomic E-state index is 0.367. The molecule has 1 fully saturated rings. The third-order valence-corrected chi connectivity index (χ3v) is 2.65. The standard InChI is InChI=1S/C9H19NO3/c1-7(3-4-13-2)10-5-8(11)9(12)6-10/h7-9,11-12H,3-6H2,1-2H3. The van der Waals surface area contributed by atoms with Crippen LogP contribution in [0.15, 0.2) is 0 Å². The van der Waals surface area contributed by atoms with Crippen LogP contribution < -0.4 is 0 Å². The second-order valence-corrected chi connectivity index (χ2v) is 3.72. The van der Waals surface area contributed by atoms with Crippen LogP contribution in [-0.4, -0.2) is 60.2 Å². The molecular formula is C9H19NO3. The van der Waals surface area contributed by atoms with Crippen molar-refractivity contribution in [1.29, 1.82) is 0 Å². The van der Waals surface area contributed by atoms with Gasteiger partial charge in [-0.2, -0.15) is 0 Å². The van der Waals surface area contributed by atoms with Crippen molar-refractivity contribution < 1.29 is 14.9 Å². The Balaban J connectivity index is 2.28. The van der Waals surface area contributed by atoms with E-state index in [0.29, 0.717) is 19.1 Å². The SMILES string of the molecule is COCCC(C)N1CC(O)C(O)C1. The van der Waals surface area contributed by atoms with Crippen LogP contribution in [0.5, 0.6) is 0 Å². The number of methoxy groups -OCH3 is 1. The molecule has 0 aromatic rings. The van der Waals surface area contributed by atoms with Crippen molar-refractivity contribution in [3.8, 4) is 0 Å². The number of aliphatic hydroxyl groups is 2. The normalized spacial score (nSPS) is 32.3. The van der Waals surface area contributed by atoms with Gasteiger partial charge in [0.2, 0.25) is 0 Å². The minimum Gasteiger partial charge on any atom is -0.389 e. The first kappa shape index (κ1) is 10.9. The van der Waals surface area contributed by atoms with Crippen molar-refractivity contribution in [2.75, 3.05) is 26.8 Å². The predicted molar refractivity (Wildman–Crippen MR) is 49.5 cm³/mol. The monoisotopic (exact) mass is 189 g/mol. The van der Waals surface area contributed by atoms with Crippen molar-refractivity contribution in [2.24, 2.45) is 0 Å². The highest BCUT2D eigenvalue weighted by Crippen LogP contribution is 2.14. The lowest BCUT2D eigenvalue weighted by molar-refractivity contribution is 0.0572. The first-order valence-electron chi connectivity index (χ1n) is 4.74. The Labute approximate surface area is 79.1 Å². The molecule has 78 valence electrons. The quantitative estimate of drug-likeness (QED) is 0.623. The topological polar surface area (TPSA) is 52.9 Å². The van der Waals surface area contributed by atoms with Crippen LogP contribution in [0.4, 0.5) is 0 Å². The zero-order valence-electron chi connectivity index (χ0n) is 8.31. The van der Waals surface area contributed by atoms with Crippen molar-refractivity contribution >= 4 is 0 Å². The van der Waals surface area contributed by atoms with Crippen LogP contribution in [0.25, 0.3) is 0 Å². The Morgan fingerprint density at radius 3 is 2.38 bits per heavy atom. The summed E-state index contributed by atoms with van der Waals surface area (Å²) < 4.78 is 4.97. The number of hydrogen-bond donors (Lipinski definition) is 2. The summed E-state index contributed by atoms with van der Waals surface area (Å²) in [6.45, 7) is 3.96. The summed E-state index contributed by atoms with van der Waals surface area (Å²) >= 11 is 0. The summed E-state index contributed by atoms with van der Waals surface area (Å²) in [5, 5.41) is 18.6. The first-order chi connectivity index (χ1) is 6.15. The molecule has 4 nitrogen and oxygen atoms in total. The lowest BCUT2D eigenvalue weighted by atomic mass is 10.2. The minimum atomic E-state index is -0.579. The average Bonchev–Trinajstić information content (AvgIpc) is 2.43. The largest absolute Gasteiger partial charge is 0.389 e. The summed E-state index contributed by atoms with van der Waals surface area (Å²) in [6.07, 6.45) is -0.217. The van der Waals surface area contributed by atoms with Gasteiger partial charge in [0.25, 0.3) is 0 Å². The lowest BCUT2D eigenvalue weighted by Crippen LogP contribution is -2.32. The number of likely N-dealkylation sites (tertiary alicyclic amines) is 1. The number of nitrogens with zero attached hydrogens (tertiary/aromatic N) is 1. The molecule has 3 unspecified atom stereocenters. The van der Waals surface area contributed by atoms with Gasteiger partial charge in [-0.25, -0.2) is 0 Å². The van der Waals surface area contributed by atoms with Gasteiger partial charge in [0.15, 0.2) is 0 Å². The number of β-amino-alcohol motifs (C(OH)–C–C–N with tert-alkyl or cyclic N) is 2. The summed E-state index contributed by atoms with van der Waals surface area (Å²) in [7, 11) is 1.68. The van der Waals surface area contributed by atoms with E-state index in [-0.39, 0.29) is 0 Å². The number of rotatable bonds is 4. The van der Waals surface area contributed by atoms with Gasteiger partial charge < -0.3 is 14.9 Å². The molecule has 0 saturated carbocycles. The van der Waals surface area contributed by atoms with Crippen LogP contribution in [-0.2, 0) is 4.74 Å². The summed E-state index contributed by atoms with van der Waals surface area (Å²) in [6, 6.07) is 0.367.